The molecule has 1 heterocycles. The number of anilines is 1. The Hall–Kier alpha value is -1.11. The number of rotatable bonds is 9. The molecule has 0 saturated heterocycles. The highest BCUT2D eigenvalue weighted by Crippen LogP contribution is 2.32. The fourth-order valence-corrected chi connectivity index (χ4v) is 3.73. The summed E-state index contributed by atoms with van der Waals surface area (Å²) in [7, 11) is 1.70. The molecule has 1 aromatic heterocycles. The number of pyridine rings is 1. The van der Waals surface area contributed by atoms with Crippen molar-refractivity contribution in [3.05, 3.63) is 51.0 Å². The second-order valence-corrected chi connectivity index (χ2v) is 6.88. The summed E-state index contributed by atoms with van der Waals surface area (Å²) in [5.74, 6) is 1.82. The molecule has 0 saturated carbocycles. The smallest absolute Gasteiger partial charge is 0.137 e. The summed E-state index contributed by atoms with van der Waals surface area (Å²) in [5, 5.41) is 6.78. The lowest BCUT2D eigenvalue weighted by molar-refractivity contribution is 0.405. The molecule has 0 unspecified atom stereocenters. The Balaban J connectivity index is 1.66. The van der Waals surface area contributed by atoms with Gasteiger partial charge in [0.2, 0.25) is 0 Å². The molecule has 0 fully saturated rings. The number of ether oxygens (including phenoxy) is 1. The van der Waals surface area contributed by atoms with Gasteiger partial charge >= 0.3 is 0 Å². The summed E-state index contributed by atoms with van der Waals surface area (Å²) in [6.07, 6.45) is 4.01. The van der Waals surface area contributed by atoms with Crippen molar-refractivity contribution in [3.63, 3.8) is 0 Å². The molecule has 2 rings (SSSR count). The third-order valence-corrected chi connectivity index (χ3v) is 4.40. The zero-order chi connectivity index (χ0) is 16.5. The molecule has 0 bridgehead atoms. The lowest BCUT2D eigenvalue weighted by Gasteiger charge is -2.12. The van der Waals surface area contributed by atoms with Gasteiger partial charge in [-0.2, -0.15) is 0 Å². The van der Waals surface area contributed by atoms with Crippen molar-refractivity contribution in [2.45, 2.75) is 19.4 Å². The van der Waals surface area contributed by atoms with Crippen LogP contribution in [0.2, 0.25) is 0 Å². The number of benzene rings is 1. The second-order valence-electron chi connectivity index (χ2n) is 5.11. The summed E-state index contributed by atoms with van der Waals surface area (Å²) in [4.78, 5) is 4.24. The van der Waals surface area contributed by atoms with Crippen molar-refractivity contribution in [2.75, 3.05) is 25.5 Å². The summed E-state index contributed by atoms with van der Waals surface area (Å²) < 4.78 is 7.46. The highest BCUT2D eigenvalue weighted by atomic mass is 79.9. The fraction of sp³-hybridized carbons (Fsp3) is 0.353. The van der Waals surface area contributed by atoms with Crippen LogP contribution in [0.3, 0.4) is 0 Å². The van der Waals surface area contributed by atoms with E-state index in [0.717, 1.165) is 58.6 Å². The molecule has 2 aromatic rings. The van der Waals surface area contributed by atoms with E-state index in [1.807, 2.05) is 24.3 Å². The van der Waals surface area contributed by atoms with Crippen LogP contribution in [-0.4, -0.2) is 25.2 Å². The average molecular weight is 443 g/mol. The number of aromatic nitrogens is 1. The minimum Gasteiger partial charge on any atom is -0.495 e. The number of halogens is 2. The van der Waals surface area contributed by atoms with Gasteiger partial charge in [-0.1, -0.05) is 22.0 Å². The van der Waals surface area contributed by atoms with Gasteiger partial charge in [-0.25, -0.2) is 4.98 Å². The third kappa shape index (κ3) is 6.12. The summed E-state index contributed by atoms with van der Waals surface area (Å²) >= 11 is 7.04. The van der Waals surface area contributed by atoms with E-state index in [9.17, 15) is 0 Å². The largest absolute Gasteiger partial charge is 0.495 e. The molecule has 0 aliphatic carbocycles. The average Bonchev–Trinajstić information content (AvgIpc) is 2.54. The number of hydrogen-bond acceptors (Lipinski definition) is 4. The van der Waals surface area contributed by atoms with Gasteiger partial charge in [0.25, 0.3) is 0 Å². The number of nitrogens with zero attached hydrogens (tertiary/aromatic N) is 1. The van der Waals surface area contributed by atoms with Crippen molar-refractivity contribution in [1.82, 2.24) is 10.3 Å². The number of methoxy groups -OCH3 is 1. The van der Waals surface area contributed by atoms with Crippen molar-refractivity contribution < 1.29 is 4.74 Å². The maximum atomic E-state index is 5.45. The molecule has 0 aliphatic rings. The Labute approximate surface area is 154 Å². The normalized spacial score (nSPS) is 10.6. The third-order valence-electron chi connectivity index (χ3n) is 3.36. The summed E-state index contributed by atoms with van der Waals surface area (Å²) in [6, 6.07) is 9.96. The maximum absolute atomic E-state index is 5.45. The van der Waals surface area contributed by atoms with E-state index >= 15 is 0 Å². The molecule has 1 aromatic carbocycles. The van der Waals surface area contributed by atoms with Gasteiger partial charge in [0.05, 0.1) is 11.6 Å². The Bertz CT molecular complexity index is 608. The number of unbranched alkanes of at least 4 members (excludes halogenated alkanes) is 1. The van der Waals surface area contributed by atoms with Gasteiger partial charge in [-0.3, -0.25) is 0 Å². The molecule has 0 amide bonds. The van der Waals surface area contributed by atoms with Gasteiger partial charge in [0, 0.05) is 29.3 Å². The number of hydrogen-bond donors (Lipinski definition) is 2. The van der Waals surface area contributed by atoms with Crippen molar-refractivity contribution >= 4 is 37.7 Å². The Kier molecular flexibility index (Phi) is 7.85. The van der Waals surface area contributed by atoms with Gasteiger partial charge in [0.1, 0.15) is 11.6 Å². The molecule has 6 heteroatoms. The number of nitrogens with one attached hydrogen (secondary N) is 2. The molecule has 0 aliphatic heterocycles. The summed E-state index contributed by atoms with van der Waals surface area (Å²) in [5.41, 5.74) is 1.14. The van der Waals surface area contributed by atoms with Crippen LogP contribution in [0.15, 0.2) is 45.5 Å². The van der Waals surface area contributed by atoms with Crippen molar-refractivity contribution in [3.8, 4) is 5.75 Å². The van der Waals surface area contributed by atoms with E-state index in [1.54, 1.807) is 13.3 Å². The van der Waals surface area contributed by atoms with E-state index in [4.69, 9.17) is 4.74 Å². The lowest BCUT2D eigenvalue weighted by atomic mass is 10.2. The van der Waals surface area contributed by atoms with Gasteiger partial charge in [-0.15, -0.1) is 0 Å². The molecule has 4 nitrogen and oxygen atoms in total. The first-order valence-electron chi connectivity index (χ1n) is 7.58. The first kappa shape index (κ1) is 18.2. The van der Waals surface area contributed by atoms with Crippen LogP contribution in [0.5, 0.6) is 5.75 Å². The van der Waals surface area contributed by atoms with Crippen LogP contribution in [0, 0.1) is 0 Å². The van der Waals surface area contributed by atoms with Crippen LogP contribution < -0.4 is 15.4 Å². The predicted molar refractivity (Wildman–Crippen MR) is 102 cm³/mol. The van der Waals surface area contributed by atoms with Crippen LogP contribution in [0.1, 0.15) is 18.4 Å². The van der Waals surface area contributed by atoms with Crippen molar-refractivity contribution in [2.24, 2.45) is 0 Å². The van der Waals surface area contributed by atoms with E-state index in [1.165, 1.54) is 0 Å². The minimum absolute atomic E-state index is 0.787. The molecule has 124 valence electrons. The van der Waals surface area contributed by atoms with Gasteiger partial charge in [-0.05, 0) is 59.6 Å². The Morgan fingerprint density at radius 3 is 2.70 bits per heavy atom. The van der Waals surface area contributed by atoms with E-state index in [2.05, 4.69) is 53.5 Å². The molecule has 0 spiro atoms. The SMILES string of the molecule is COc1c(Br)cc(Br)cc1CNCCCCNc1ccccn1. The van der Waals surface area contributed by atoms with Crippen LogP contribution in [0.25, 0.3) is 0 Å². The van der Waals surface area contributed by atoms with E-state index in [0.29, 0.717) is 0 Å². The molecule has 0 radical (unpaired) electrons. The van der Waals surface area contributed by atoms with Crippen LogP contribution >= 0.6 is 31.9 Å². The quantitative estimate of drug-likeness (QED) is 0.557. The summed E-state index contributed by atoms with van der Waals surface area (Å²) in [6.45, 7) is 2.69. The minimum atomic E-state index is 0.787. The zero-order valence-corrected chi connectivity index (χ0v) is 16.3. The molecule has 2 N–H and O–H groups in total. The highest BCUT2D eigenvalue weighted by molar-refractivity contribution is 9.11. The van der Waals surface area contributed by atoms with Crippen LogP contribution in [-0.2, 0) is 6.54 Å². The van der Waals surface area contributed by atoms with Crippen LogP contribution in [0.4, 0.5) is 5.82 Å². The molecule has 23 heavy (non-hydrogen) atoms. The second kappa shape index (κ2) is 9.90. The first-order valence-corrected chi connectivity index (χ1v) is 9.17. The molecule has 0 atom stereocenters. The lowest BCUT2D eigenvalue weighted by Crippen LogP contribution is -2.16. The molecular formula is C17H21Br2N3O. The zero-order valence-electron chi connectivity index (χ0n) is 13.1. The molecular weight excluding hydrogens is 422 g/mol. The van der Waals surface area contributed by atoms with Crippen molar-refractivity contribution in [1.29, 1.82) is 0 Å². The van der Waals surface area contributed by atoms with Gasteiger partial charge in [0.15, 0.2) is 0 Å². The van der Waals surface area contributed by atoms with Gasteiger partial charge < -0.3 is 15.4 Å². The van der Waals surface area contributed by atoms with E-state index < -0.39 is 0 Å². The fourth-order valence-electron chi connectivity index (χ4n) is 2.26. The standard InChI is InChI=1S/C17H21Br2N3O/c1-23-17-13(10-14(18)11-15(17)19)12-20-7-4-5-9-22-16-6-2-3-8-21-16/h2-3,6,8,10-11,20H,4-5,7,9,12H2,1H3,(H,21,22). The topological polar surface area (TPSA) is 46.2 Å². The Morgan fingerprint density at radius 1 is 1.13 bits per heavy atom. The monoisotopic (exact) mass is 441 g/mol. The Morgan fingerprint density at radius 2 is 1.96 bits per heavy atom. The first-order chi connectivity index (χ1) is 11.2. The maximum Gasteiger partial charge on any atom is 0.137 e. The highest BCUT2D eigenvalue weighted by Gasteiger charge is 2.08. The predicted octanol–water partition coefficient (Wildman–Crippen LogP) is 4.60. The van der Waals surface area contributed by atoms with E-state index in [-0.39, 0.29) is 0 Å².